The summed E-state index contributed by atoms with van der Waals surface area (Å²) in [6.07, 6.45) is 8.40. The van der Waals surface area contributed by atoms with Crippen LogP contribution in [-0.2, 0) is 4.79 Å². The Hall–Kier alpha value is -1.55. The monoisotopic (exact) mass is 329 g/mol. The molecule has 0 bridgehead atoms. The molecule has 4 nitrogen and oxygen atoms in total. The molecule has 0 atom stereocenters. The Morgan fingerprint density at radius 3 is 2.38 bits per heavy atom. The molecule has 1 saturated carbocycles. The number of piperazine rings is 1. The van der Waals surface area contributed by atoms with E-state index in [9.17, 15) is 4.79 Å². The van der Waals surface area contributed by atoms with Crippen LogP contribution < -0.4 is 10.2 Å². The first-order chi connectivity index (χ1) is 11.7. The SMILES string of the molecule is CN1CCN(c2ccc(NC(=O)CCC3CCCCC3)cc2)CC1. The van der Waals surface area contributed by atoms with Crippen molar-refractivity contribution >= 4 is 17.3 Å². The molecule has 1 saturated heterocycles. The van der Waals surface area contributed by atoms with Gasteiger partial charge in [-0.25, -0.2) is 0 Å². The highest BCUT2D eigenvalue weighted by atomic mass is 16.1. The van der Waals surface area contributed by atoms with Crippen molar-refractivity contribution in [2.75, 3.05) is 43.4 Å². The summed E-state index contributed by atoms with van der Waals surface area (Å²) in [6.45, 7) is 4.37. The number of rotatable bonds is 5. The standard InChI is InChI=1S/C20H31N3O/c1-22-13-15-23(16-14-22)19-10-8-18(9-11-19)21-20(24)12-7-17-5-3-2-4-6-17/h8-11,17H,2-7,12-16H2,1H3,(H,21,24). The number of carbonyl (C=O) groups excluding carboxylic acids is 1. The van der Waals surface area contributed by atoms with Gasteiger partial charge in [0.25, 0.3) is 0 Å². The molecule has 132 valence electrons. The van der Waals surface area contributed by atoms with Crippen LogP contribution in [0.15, 0.2) is 24.3 Å². The first-order valence-corrected chi connectivity index (χ1v) is 9.54. The number of likely N-dealkylation sites (N-methyl/N-ethyl adjacent to an activating group) is 1. The van der Waals surface area contributed by atoms with E-state index in [0.29, 0.717) is 6.42 Å². The molecule has 2 fully saturated rings. The molecule has 1 heterocycles. The maximum absolute atomic E-state index is 12.2. The largest absolute Gasteiger partial charge is 0.369 e. The molecule has 1 aliphatic carbocycles. The molecule has 1 aromatic carbocycles. The van der Waals surface area contributed by atoms with E-state index in [2.05, 4.69) is 34.3 Å². The van der Waals surface area contributed by atoms with Crippen molar-refractivity contribution in [2.24, 2.45) is 5.92 Å². The summed E-state index contributed by atoms with van der Waals surface area (Å²) >= 11 is 0. The molecule has 0 aromatic heterocycles. The Balaban J connectivity index is 1.44. The molecule has 1 N–H and O–H groups in total. The van der Waals surface area contributed by atoms with Gasteiger partial charge in [0.15, 0.2) is 0 Å². The number of hydrogen-bond acceptors (Lipinski definition) is 3. The van der Waals surface area contributed by atoms with Gasteiger partial charge in [-0.15, -0.1) is 0 Å². The Kier molecular flexibility index (Phi) is 6.13. The van der Waals surface area contributed by atoms with Crippen LogP contribution in [-0.4, -0.2) is 44.0 Å². The Labute approximate surface area is 146 Å². The van der Waals surface area contributed by atoms with Crippen LogP contribution in [0.5, 0.6) is 0 Å². The third-order valence-corrected chi connectivity index (χ3v) is 5.52. The first kappa shape index (κ1) is 17.3. The predicted molar refractivity (Wildman–Crippen MR) is 101 cm³/mol. The van der Waals surface area contributed by atoms with Crippen LogP contribution in [0.2, 0.25) is 0 Å². The molecule has 1 aromatic rings. The van der Waals surface area contributed by atoms with Gasteiger partial charge in [0.2, 0.25) is 5.91 Å². The number of nitrogens with zero attached hydrogens (tertiary/aromatic N) is 2. The molecule has 1 aliphatic heterocycles. The van der Waals surface area contributed by atoms with Crippen LogP contribution in [0.1, 0.15) is 44.9 Å². The molecule has 24 heavy (non-hydrogen) atoms. The van der Waals surface area contributed by atoms with Crippen LogP contribution >= 0.6 is 0 Å². The van der Waals surface area contributed by atoms with E-state index in [-0.39, 0.29) is 5.91 Å². The molecular weight excluding hydrogens is 298 g/mol. The molecule has 0 unspecified atom stereocenters. The summed E-state index contributed by atoms with van der Waals surface area (Å²) in [4.78, 5) is 16.9. The Bertz CT molecular complexity index is 514. The van der Waals surface area contributed by atoms with Crippen molar-refractivity contribution < 1.29 is 4.79 Å². The fourth-order valence-electron chi connectivity index (χ4n) is 3.85. The van der Waals surface area contributed by atoms with E-state index >= 15 is 0 Å². The predicted octanol–water partition coefficient (Wildman–Crippen LogP) is 3.74. The maximum atomic E-state index is 12.2. The number of nitrogens with one attached hydrogen (secondary N) is 1. The second kappa shape index (κ2) is 8.52. The van der Waals surface area contributed by atoms with Crippen molar-refractivity contribution in [3.63, 3.8) is 0 Å². The zero-order valence-electron chi connectivity index (χ0n) is 15.0. The van der Waals surface area contributed by atoms with Crippen LogP contribution in [0, 0.1) is 5.92 Å². The quantitative estimate of drug-likeness (QED) is 0.894. The van der Waals surface area contributed by atoms with Crippen LogP contribution in [0.4, 0.5) is 11.4 Å². The number of carbonyl (C=O) groups is 1. The van der Waals surface area contributed by atoms with Gasteiger partial charge in [-0.05, 0) is 43.7 Å². The molecule has 0 radical (unpaired) electrons. The van der Waals surface area contributed by atoms with Gasteiger partial charge in [0, 0.05) is 44.0 Å². The van der Waals surface area contributed by atoms with E-state index in [1.54, 1.807) is 0 Å². The third kappa shape index (κ3) is 4.97. The second-order valence-corrected chi connectivity index (χ2v) is 7.43. The molecule has 0 spiro atoms. The van der Waals surface area contributed by atoms with Crippen molar-refractivity contribution in [2.45, 2.75) is 44.9 Å². The highest BCUT2D eigenvalue weighted by Crippen LogP contribution is 2.27. The Morgan fingerprint density at radius 2 is 1.71 bits per heavy atom. The highest BCUT2D eigenvalue weighted by molar-refractivity contribution is 5.90. The van der Waals surface area contributed by atoms with Gasteiger partial charge in [-0.1, -0.05) is 32.1 Å². The van der Waals surface area contributed by atoms with E-state index in [1.807, 2.05) is 12.1 Å². The summed E-state index contributed by atoms with van der Waals surface area (Å²) in [5.41, 5.74) is 2.17. The highest BCUT2D eigenvalue weighted by Gasteiger charge is 2.16. The number of amides is 1. The minimum absolute atomic E-state index is 0.160. The van der Waals surface area contributed by atoms with Gasteiger partial charge in [0.05, 0.1) is 0 Å². The number of benzene rings is 1. The van der Waals surface area contributed by atoms with Crippen LogP contribution in [0.25, 0.3) is 0 Å². The van der Waals surface area contributed by atoms with Gasteiger partial charge < -0.3 is 15.1 Å². The number of anilines is 2. The zero-order valence-corrected chi connectivity index (χ0v) is 15.0. The summed E-state index contributed by atoms with van der Waals surface area (Å²) in [5, 5.41) is 3.05. The average Bonchev–Trinajstić information content (AvgIpc) is 2.62. The fraction of sp³-hybridized carbons (Fsp3) is 0.650. The topological polar surface area (TPSA) is 35.6 Å². The number of hydrogen-bond donors (Lipinski definition) is 1. The lowest BCUT2D eigenvalue weighted by Crippen LogP contribution is -2.44. The molecule has 1 amide bonds. The second-order valence-electron chi connectivity index (χ2n) is 7.43. The Morgan fingerprint density at radius 1 is 1.04 bits per heavy atom. The van der Waals surface area contributed by atoms with E-state index in [0.717, 1.165) is 44.2 Å². The van der Waals surface area contributed by atoms with Gasteiger partial charge in [-0.3, -0.25) is 4.79 Å². The van der Waals surface area contributed by atoms with Gasteiger partial charge >= 0.3 is 0 Å². The average molecular weight is 329 g/mol. The lowest BCUT2D eigenvalue weighted by molar-refractivity contribution is -0.116. The molecular formula is C20H31N3O. The van der Waals surface area contributed by atoms with E-state index in [1.165, 1.54) is 37.8 Å². The molecule has 4 heteroatoms. The van der Waals surface area contributed by atoms with E-state index < -0.39 is 0 Å². The minimum Gasteiger partial charge on any atom is -0.369 e. The van der Waals surface area contributed by atoms with Crippen molar-refractivity contribution in [1.29, 1.82) is 0 Å². The zero-order chi connectivity index (χ0) is 16.8. The van der Waals surface area contributed by atoms with Crippen molar-refractivity contribution in [1.82, 2.24) is 4.90 Å². The lowest BCUT2D eigenvalue weighted by atomic mass is 9.86. The summed E-state index contributed by atoms with van der Waals surface area (Å²) < 4.78 is 0. The maximum Gasteiger partial charge on any atom is 0.224 e. The summed E-state index contributed by atoms with van der Waals surface area (Å²) in [7, 11) is 2.17. The van der Waals surface area contributed by atoms with E-state index in [4.69, 9.17) is 0 Å². The van der Waals surface area contributed by atoms with Crippen molar-refractivity contribution in [3.05, 3.63) is 24.3 Å². The minimum atomic E-state index is 0.160. The van der Waals surface area contributed by atoms with Crippen molar-refractivity contribution in [3.8, 4) is 0 Å². The smallest absolute Gasteiger partial charge is 0.224 e. The summed E-state index contributed by atoms with van der Waals surface area (Å²) in [6, 6.07) is 8.32. The lowest BCUT2D eigenvalue weighted by Gasteiger charge is -2.34. The first-order valence-electron chi connectivity index (χ1n) is 9.54. The molecule has 2 aliphatic rings. The van der Waals surface area contributed by atoms with Gasteiger partial charge in [-0.2, -0.15) is 0 Å². The van der Waals surface area contributed by atoms with Gasteiger partial charge in [0.1, 0.15) is 0 Å². The fourth-order valence-corrected chi connectivity index (χ4v) is 3.85. The molecule has 3 rings (SSSR count). The summed E-state index contributed by atoms with van der Waals surface area (Å²) in [5.74, 6) is 0.928. The normalized spacial score (nSPS) is 20.1. The third-order valence-electron chi connectivity index (χ3n) is 5.52. The van der Waals surface area contributed by atoms with Crippen LogP contribution in [0.3, 0.4) is 0 Å².